The second kappa shape index (κ2) is 7.36. The molecule has 0 bridgehead atoms. The maximum absolute atomic E-state index is 11.8. The second-order valence-corrected chi connectivity index (χ2v) is 5.96. The molecule has 5 nitrogen and oxygen atoms in total. The smallest absolute Gasteiger partial charge is 0.257 e. The molecule has 24 heavy (non-hydrogen) atoms. The zero-order chi connectivity index (χ0) is 16.9. The van der Waals surface area contributed by atoms with Gasteiger partial charge in [-0.3, -0.25) is 4.79 Å². The minimum Gasteiger partial charge on any atom is -0.484 e. The first-order valence-corrected chi connectivity index (χ1v) is 8.04. The third-order valence-electron chi connectivity index (χ3n) is 3.71. The SMILES string of the molecule is Cn1cnc2cc(CCNC(=O)COc3ccc(Cl)cc3)ccc21. The summed E-state index contributed by atoms with van der Waals surface area (Å²) in [5.74, 6) is 0.471. The first-order valence-electron chi connectivity index (χ1n) is 7.67. The number of hydrogen-bond donors (Lipinski definition) is 1. The van der Waals surface area contributed by atoms with Crippen LogP contribution in [0.25, 0.3) is 11.0 Å². The molecular formula is C18H18ClN3O2. The number of hydrogen-bond acceptors (Lipinski definition) is 3. The summed E-state index contributed by atoms with van der Waals surface area (Å²) < 4.78 is 7.38. The van der Waals surface area contributed by atoms with E-state index in [-0.39, 0.29) is 12.5 Å². The molecule has 0 aliphatic heterocycles. The number of fused-ring (bicyclic) bond motifs is 1. The van der Waals surface area contributed by atoms with Crippen LogP contribution in [0, 0.1) is 0 Å². The average Bonchev–Trinajstić information content (AvgIpc) is 2.95. The van der Waals surface area contributed by atoms with Crippen LogP contribution in [0.3, 0.4) is 0 Å². The minimum atomic E-state index is -0.149. The molecule has 0 aliphatic carbocycles. The van der Waals surface area contributed by atoms with Gasteiger partial charge >= 0.3 is 0 Å². The van der Waals surface area contributed by atoms with E-state index in [1.54, 1.807) is 30.6 Å². The van der Waals surface area contributed by atoms with E-state index in [0.717, 1.165) is 23.0 Å². The molecule has 0 saturated carbocycles. The minimum absolute atomic E-state index is 0.0130. The molecule has 0 aliphatic rings. The van der Waals surface area contributed by atoms with Crippen molar-refractivity contribution in [2.45, 2.75) is 6.42 Å². The Hall–Kier alpha value is -2.53. The Bertz CT molecular complexity index is 843. The van der Waals surface area contributed by atoms with Gasteiger partial charge in [0, 0.05) is 18.6 Å². The number of ether oxygens (including phenoxy) is 1. The van der Waals surface area contributed by atoms with Gasteiger partial charge in [-0.2, -0.15) is 0 Å². The summed E-state index contributed by atoms with van der Waals surface area (Å²) >= 11 is 5.80. The molecule has 0 unspecified atom stereocenters. The number of aryl methyl sites for hydroxylation is 1. The Labute approximate surface area is 145 Å². The molecule has 1 aromatic heterocycles. The van der Waals surface area contributed by atoms with Crippen molar-refractivity contribution in [3.05, 3.63) is 59.4 Å². The summed E-state index contributed by atoms with van der Waals surface area (Å²) in [7, 11) is 1.97. The Morgan fingerprint density at radius 2 is 2.04 bits per heavy atom. The van der Waals surface area contributed by atoms with Crippen LogP contribution in [0.2, 0.25) is 5.02 Å². The van der Waals surface area contributed by atoms with Crippen LogP contribution in [0.15, 0.2) is 48.8 Å². The fraction of sp³-hybridized carbons (Fsp3) is 0.222. The molecule has 3 aromatic rings. The number of carbonyl (C=O) groups excluding carboxylic acids is 1. The van der Waals surface area contributed by atoms with Crippen molar-refractivity contribution in [3.8, 4) is 5.75 Å². The summed E-state index contributed by atoms with van der Waals surface area (Å²) in [6.45, 7) is 0.544. The molecule has 6 heteroatoms. The third kappa shape index (κ3) is 4.06. The van der Waals surface area contributed by atoms with Crippen LogP contribution in [0.1, 0.15) is 5.56 Å². The number of nitrogens with one attached hydrogen (secondary N) is 1. The average molecular weight is 344 g/mol. The first kappa shape index (κ1) is 16.3. The lowest BCUT2D eigenvalue weighted by Crippen LogP contribution is -2.30. The van der Waals surface area contributed by atoms with Gasteiger partial charge in [-0.15, -0.1) is 0 Å². The van der Waals surface area contributed by atoms with E-state index < -0.39 is 0 Å². The molecule has 0 atom stereocenters. The molecule has 0 spiro atoms. The highest BCUT2D eigenvalue weighted by Crippen LogP contribution is 2.15. The summed E-state index contributed by atoms with van der Waals surface area (Å²) in [5, 5.41) is 3.49. The van der Waals surface area contributed by atoms with E-state index in [1.807, 2.05) is 23.7 Å². The van der Waals surface area contributed by atoms with Crippen LogP contribution in [0.5, 0.6) is 5.75 Å². The van der Waals surface area contributed by atoms with Crippen molar-refractivity contribution < 1.29 is 9.53 Å². The fourth-order valence-electron chi connectivity index (χ4n) is 2.41. The second-order valence-electron chi connectivity index (χ2n) is 5.52. The van der Waals surface area contributed by atoms with E-state index in [9.17, 15) is 4.79 Å². The lowest BCUT2D eigenvalue weighted by atomic mass is 10.1. The van der Waals surface area contributed by atoms with Gasteiger partial charge in [-0.1, -0.05) is 17.7 Å². The van der Waals surface area contributed by atoms with Gasteiger partial charge in [-0.05, 0) is 48.4 Å². The Kier molecular flexibility index (Phi) is 5.01. The molecule has 0 radical (unpaired) electrons. The zero-order valence-corrected chi connectivity index (χ0v) is 14.1. The molecule has 3 rings (SSSR count). The number of imidazole rings is 1. The van der Waals surface area contributed by atoms with Gasteiger partial charge < -0.3 is 14.6 Å². The molecule has 0 saturated heterocycles. The highest BCUT2D eigenvalue weighted by atomic mass is 35.5. The van der Waals surface area contributed by atoms with Crippen LogP contribution < -0.4 is 10.1 Å². The first-order chi connectivity index (χ1) is 11.6. The topological polar surface area (TPSA) is 56.2 Å². The van der Waals surface area contributed by atoms with E-state index >= 15 is 0 Å². The van der Waals surface area contributed by atoms with E-state index in [1.165, 1.54) is 0 Å². The summed E-state index contributed by atoms with van der Waals surface area (Å²) in [4.78, 5) is 16.1. The summed E-state index contributed by atoms with van der Waals surface area (Å²) in [6, 6.07) is 13.1. The lowest BCUT2D eigenvalue weighted by molar-refractivity contribution is -0.123. The van der Waals surface area contributed by atoms with Gasteiger partial charge in [-0.25, -0.2) is 4.98 Å². The standard InChI is InChI=1S/C18H18ClN3O2/c1-22-12-21-16-10-13(2-7-17(16)22)8-9-20-18(23)11-24-15-5-3-14(19)4-6-15/h2-7,10,12H,8-9,11H2,1H3,(H,20,23). The quantitative estimate of drug-likeness (QED) is 0.748. The van der Waals surface area contributed by atoms with Crippen LogP contribution in [0.4, 0.5) is 0 Å². The number of nitrogens with zero attached hydrogens (tertiary/aromatic N) is 2. The third-order valence-corrected chi connectivity index (χ3v) is 3.96. The van der Waals surface area contributed by atoms with Crippen molar-refractivity contribution in [2.75, 3.05) is 13.2 Å². The van der Waals surface area contributed by atoms with Gasteiger partial charge in [0.05, 0.1) is 17.4 Å². The molecule has 1 heterocycles. The molecular weight excluding hydrogens is 326 g/mol. The van der Waals surface area contributed by atoms with E-state index in [4.69, 9.17) is 16.3 Å². The number of benzene rings is 2. The van der Waals surface area contributed by atoms with Crippen molar-refractivity contribution >= 4 is 28.5 Å². The molecule has 1 N–H and O–H groups in total. The Morgan fingerprint density at radius 3 is 2.83 bits per heavy atom. The maximum atomic E-state index is 11.8. The van der Waals surface area contributed by atoms with Crippen LogP contribution in [-0.2, 0) is 18.3 Å². The monoisotopic (exact) mass is 343 g/mol. The number of aromatic nitrogens is 2. The largest absolute Gasteiger partial charge is 0.484 e. The number of halogens is 1. The molecule has 124 valence electrons. The number of rotatable bonds is 6. The normalized spacial score (nSPS) is 10.8. The zero-order valence-electron chi connectivity index (χ0n) is 13.3. The van der Waals surface area contributed by atoms with Crippen molar-refractivity contribution in [1.29, 1.82) is 0 Å². The summed E-state index contributed by atoms with van der Waals surface area (Å²) in [6.07, 6.45) is 2.55. The Morgan fingerprint density at radius 1 is 1.25 bits per heavy atom. The molecule has 0 fully saturated rings. The predicted octanol–water partition coefficient (Wildman–Crippen LogP) is 2.96. The highest BCUT2D eigenvalue weighted by Gasteiger charge is 2.04. The fourth-order valence-corrected chi connectivity index (χ4v) is 2.54. The van der Waals surface area contributed by atoms with Crippen molar-refractivity contribution in [2.24, 2.45) is 7.05 Å². The maximum Gasteiger partial charge on any atom is 0.257 e. The van der Waals surface area contributed by atoms with Crippen molar-refractivity contribution in [3.63, 3.8) is 0 Å². The van der Waals surface area contributed by atoms with E-state index in [2.05, 4.69) is 16.4 Å². The van der Waals surface area contributed by atoms with Crippen molar-refractivity contribution in [1.82, 2.24) is 14.9 Å². The highest BCUT2D eigenvalue weighted by molar-refractivity contribution is 6.30. The molecule has 2 aromatic carbocycles. The van der Waals surface area contributed by atoms with Gasteiger partial charge in [0.1, 0.15) is 5.75 Å². The van der Waals surface area contributed by atoms with E-state index in [0.29, 0.717) is 17.3 Å². The Balaban J connectivity index is 1.44. The van der Waals surface area contributed by atoms with Crippen LogP contribution in [-0.4, -0.2) is 28.6 Å². The number of carbonyl (C=O) groups is 1. The van der Waals surface area contributed by atoms with Crippen LogP contribution >= 0.6 is 11.6 Å². The number of amides is 1. The lowest BCUT2D eigenvalue weighted by Gasteiger charge is -2.08. The summed E-state index contributed by atoms with van der Waals surface area (Å²) in [5.41, 5.74) is 3.20. The van der Waals surface area contributed by atoms with Gasteiger partial charge in [0.2, 0.25) is 0 Å². The predicted molar refractivity (Wildman–Crippen MR) is 94.4 cm³/mol. The molecule has 1 amide bonds. The van der Waals surface area contributed by atoms with Gasteiger partial charge in [0.15, 0.2) is 6.61 Å². The van der Waals surface area contributed by atoms with Gasteiger partial charge in [0.25, 0.3) is 5.91 Å².